The Morgan fingerprint density at radius 1 is 1.12 bits per heavy atom. The van der Waals surface area contributed by atoms with E-state index in [9.17, 15) is 0 Å². The summed E-state index contributed by atoms with van der Waals surface area (Å²) in [6.45, 7) is 7.95. The quantitative estimate of drug-likeness (QED) is 0.786. The topological polar surface area (TPSA) is 12.0 Å². The fraction of sp³-hybridized carbons (Fsp3) is 0.571. The third-order valence-corrected chi connectivity index (χ3v) is 3.24. The number of hydrogen-bond donors (Lipinski definition) is 1. The maximum absolute atomic E-state index is 3.53. The highest BCUT2D eigenvalue weighted by atomic mass is 35.5. The molecule has 0 saturated carbocycles. The highest BCUT2D eigenvalue weighted by Crippen LogP contribution is 2.27. The van der Waals surface area contributed by atoms with Crippen molar-refractivity contribution in [2.75, 3.05) is 6.54 Å². The van der Waals surface area contributed by atoms with Crippen molar-refractivity contribution >= 4 is 12.4 Å². The lowest BCUT2D eigenvalue weighted by Crippen LogP contribution is -2.14. The molecule has 16 heavy (non-hydrogen) atoms. The second-order valence-electron chi connectivity index (χ2n) is 5.52. The number of rotatable bonds is 1. The Kier molecular flexibility index (Phi) is 4.40. The molecule has 1 aromatic carbocycles. The standard InChI is InChI=1S/C14H21N.ClH/c1-14(2,3)12-8-6-11(7-9-12)13-5-4-10-15-13;/h6-9,13,15H,4-5,10H2,1-3H3;1H/t13-;/m1./s1. The Balaban J connectivity index is 0.00000128. The van der Waals surface area contributed by atoms with Crippen LogP contribution in [-0.2, 0) is 5.41 Å². The molecular weight excluding hydrogens is 218 g/mol. The SMILES string of the molecule is CC(C)(C)c1ccc([C@H]2CCCN2)cc1.Cl. The molecule has 0 unspecified atom stereocenters. The molecular formula is C14H22ClN. The number of halogens is 1. The number of nitrogens with one attached hydrogen (secondary N) is 1. The van der Waals surface area contributed by atoms with Crippen molar-refractivity contribution in [3.05, 3.63) is 35.4 Å². The van der Waals surface area contributed by atoms with Crippen LogP contribution in [0.4, 0.5) is 0 Å². The average molecular weight is 240 g/mol. The largest absolute Gasteiger partial charge is 0.310 e. The predicted octanol–water partition coefficient (Wildman–Crippen LogP) is 3.83. The van der Waals surface area contributed by atoms with E-state index in [0.717, 1.165) is 0 Å². The Morgan fingerprint density at radius 3 is 2.19 bits per heavy atom. The van der Waals surface area contributed by atoms with Crippen molar-refractivity contribution in [2.45, 2.75) is 45.1 Å². The van der Waals surface area contributed by atoms with Gasteiger partial charge in [0.05, 0.1) is 0 Å². The first-order valence-corrected chi connectivity index (χ1v) is 5.91. The van der Waals surface area contributed by atoms with Crippen LogP contribution in [0.1, 0.15) is 50.8 Å². The molecule has 1 aliphatic rings. The second kappa shape index (κ2) is 5.20. The molecule has 0 aliphatic carbocycles. The molecule has 0 spiro atoms. The summed E-state index contributed by atoms with van der Waals surface area (Å²) in [5.41, 5.74) is 3.13. The molecule has 2 heteroatoms. The Morgan fingerprint density at radius 2 is 1.75 bits per heavy atom. The molecule has 1 aliphatic heterocycles. The summed E-state index contributed by atoms with van der Waals surface area (Å²) < 4.78 is 0. The molecule has 0 aromatic heterocycles. The lowest BCUT2D eigenvalue weighted by molar-refractivity contribution is 0.588. The third kappa shape index (κ3) is 2.99. The first-order chi connectivity index (χ1) is 7.07. The van der Waals surface area contributed by atoms with E-state index >= 15 is 0 Å². The van der Waals surface area contributed by atoms with Gasteiger partial charge in [-0.05, 0) is 35.9 Å². The van der Waals surface area contributed by atoms with E-state index in [1.165, 1.54) is 30.5 Å². The van der Waals surface area contributed by atoms with Crippen LogP contribution >= 0.6 is 12.4 Å². The third-order valence-electron chi connectivity index (χ3n) is 3.24. The van der Waals surface area contributed by atoms with Gasteiger partial charge >= 0.3 is 0 Å². The van der Waals surface area contributed by atoms with Crippen LogP contribution in [0.5, 0.6) is 0 Å². The van der Waals surface area contributed by atoms with Gasteiger partial charge in [-0.25, -0.2) is 0 Å². The minimum Gasteiger partial charge on any atom is -0.310 e. The first-order valence-electron chi connectivity index (χ1n) is 5.91. The van der Waals surface area contributed by atoms with Crippen molar-refractivity contribution in [2.24, 2.45) is 0 Å². The summed E-state index contributed by atoms with van der Waals surface area (Å²) in [7, 11) is 0. The predicted molar refractivity (Wildman–Crippen MR) is 72.4 cm³/mol. The molecule has 1 saturated heterocycles. The normalized spacial score (nSPS) is 20.6. The molecule has 2 rings (SSSR count). The van der Waals surface area contributed by atoms with Gasteiger partial charge in [0, 0.05) is 6.04 Å². The van der Waals surface area contributed by atoms with Crippen LogP contribution in [0.15, 0.2) is 24.3 Å². The van der Waals surface area contributed by atoms with Crippen LogP contribution in [0.2, 0.25) is 0 Å². The van der Waals surface area contributed by atoms with Crippen LogP contribution in [-0.4, -0.2) is 6.54 Å². The molecule has 0 bridgehead atoms. The molecule has 90 valence electrons. The molecule has 1 aromatic rings. The van der Waals surface area contributed by atoms with E-state index in [1.54, 1.807) is 0 Å². The summed E-state index contributed by atoms with van der Waals surface area (Å²) in [4.78, 5) is 0. The Hall–Kier alpha value is -0.530. The van der Waals surface area contributed by atoms with E-state index in [2.05, 4.69) is 50.4 Å². The minimum atomic E-state index is 0. The smallest absolute Gasteiger partial charge is 0.0320 e. The molecule has 1 fully saturated rings. The van der Waals surface area contributed by atoms with Gasteiger partial charge in [-0.15, -0.1) is 12.4 Å². The van der Waals surface area contributed by atoms with Crippen molar-refractivity contribution in [3.63, 3.8) is 0 Å². The van der Waals surface area contributed by atoms with E-state index in [-0.39, 0.29) is 17.8 Å². The van der Waals surface area contributed by atoms with Gasteiger partial charge in [-0.1, -0.05) is 45.0 Å². The van der Waals surface area contributed by atoms with Gasteiger partial charge in [0.2, 0.25) is 0 Å². The summed E-state index contributed by atoms with van der Waals surface area (Å²) >= 11 is 0. The summed E-state index contributed by atoms with van der Waals surface area (Å²) in [5, 5.41) is 3.53. The van der Waals surface area contributed by atoms with Crippen molar-refractivity contribution in [3.8, 4) is 0 Å². The van der Waals surface area contributed by atoms with Gasteiger partial charge in [-0.2, -0.15) is 0 Å². The van der Waals surface area contributed by atoms with Gasteiger partial charge in [0.25, 0.3) is 0 Å². The van der Waals surface area contributed by atoms with Crippen LogP contribution in [0, 0.1) is 0 Å². The minimum absolute atomic E-state index is 0. The molecule has 1 atom stereocenters. The Bertz CT molecular complexity index is 318. The van der Waals surface area contributed by atoms with Crippen LogP contribution in [0.3, 0.4) is 0 Å². The fourth-order valence-corrected chi connectivity index (χ4v) is 2.18. The summed E-state index contributed by atoms with van der Waals surface area (Å²) in [6.07, 6.45) is 2.60. The monoisotopic (exact) mass is 239 g/mol. The molecule has 0 radical (unpaired) electrons. The second-order valence-corrected chi connectivity index (χ2v) is 5.52. The maximum atomic E-state index is 3.53. The fourth-order valence-electron chi connectivity index (χ4n) is 2.18. The lowest BCUT2D eigenvalue weighted by Gasteiger charge is -2.20. The van der Waals surface area contributed by atoms with Crippen molar-refractivity contribution in [1.82, 2.24) is 5.32 Å². The first kappa shape index (κ1) is 13.5. The van der Waals surface area contributed by atoms with Gasteiger partial charge in [0.15, 0.2) is 0 Å². The molecule has 1 N–H and O–H groups in total. The van der Waals surface area contributed by atoms with E-state index < -0.39 is 0 Å². The number of benzene rings is 1. The van der Waals surface area contributed by atoms with Crippen LogP contribution in [0.25, 0.3) is 0 Å². The zero-order chi connectivity index (χ0) is 10.9. The van der Waals surface area contributed by atoms with Crippen LogP contribution < -0.4 is 5.32 Å². The van der Waals surface area contributed by atoms with E-state index in [4.69, 9.17) is 0 Å². The summed E-state index contributed by atoms with van der Waals surface area (Å²) in [6, 6.07) is 9.71. The highest BCUT2D eigenvalue weighted by Gasteiger charge is 2.17. The number of hydrogen-bond acceptors (Lipinski definition) is 1. The molecule has 1 heterocycles. The van der Waals surface area contributed by atoms with E-state index in [0.29, 0.717) is 6.04 Å². The van der Waals surface area contributed by atoms with Gasteiger partial charge in [-0.3, -0.25) is 0 Å². The maximum Gasteiger partial charge on any atom is 0.0320 e. The van der Waals surface area contributed by atoms with Gasteiger partial charge in [0.1, 0.15) is 0 Å². The lowest BCUT2D eigenvalue weighted by atomic mass is 9.86. The van der Waals surface area contributed by atoms with E-state index in [1.807, 2.05) is 0 Å². The molecule has 0 amide bonds. The van der Waals surface area contributed by atoms with Gasteiger partial charge < -0.3 is 5.32 Å². The summed E-state index contributed by atoms with van der Waals surface area (Å²) in [5.74, 6) is 0. The van der Waals surface area contributed by atoms with Crippen molar-refractivity contribution < 1.29 is 0 Å². The zero-order valence-electron chi connectivity index (χ0n) is 10.4. The average Bonchev–Trinajstić information content (AvgIpc) is 2.69. The highest BCUT2D eigenvalue weighted by molar-refractivity contribution is 5.85. The van der Waals surface area contributed by atoms with Crippen molar-refractivity contribution in [1.29, 1.82) is 0 Å². The molecule has 1 nitrogen and oxygen atoms in total. The Labute approximate surface area is 105 Å². The zero-order valence-corrected chi connectivity index (χ0v) is 11.2.